The summed E-state index contributed by atoms with van der Waals surface area (Å²) in [5, 5.41) is 0. The first-order valence-electron chi connectivity index (χ1n) is 8.75. The highest BCUT2D eigenvalue weighted by atomic mass is 14.2. The minimum Gasteiger partial charge on any atom is -0.0619 e. The molecule has 0 bridgehead atoms. The summed E-state index contributed by atoms with van der Waals surface area (Å²) in [6, 6.07) is -2.81. The van der Waals surface area contributed by atoms with Crippen molar-refractivity contribution in [2.45, 2.75) is 13.3 Å². The normalized spacial score (nSPS) is 25.1. The number of hydrogen-bond acceptors (Lipinski definition) is 0. The number of hydrogen-bond donors (Lipinski definition) is 0. The van der Waals surface area contributed by atoms with Crippen molar-refractivity contribution < 1.29 is 12.3 Å². The fourth-order valence-electron chi connectivity index (χ4n) is 1.50. The van der Waals surface area contributed by atoms with Crippen LogP contribution in [-0.4, -0.2) is 0 Å². The molecule has 1 aliphatic carbocycles. The Morgan fingerprint density at radius 1 is 1.07 bits per heavy atom. The van der Waals surface area contributed by atoms with Gasteiger partial charge in [0, 0.05) is 2.74 Å². The van der Waals surface area contributed by atoms with Gasteiger partial charge >= 0.3 is 0 Å². The van der Waals surface area contributed by atoms with E-state index >= 15 is 0 Å². The van der Waals surface area contributed by atoms with Gasteiger partial charge in [-0.2, -0.15) is 0 Å². The molecule has 0 saturated heterocycles. The van der Waals surface area contributed by atoms with Gasteiger partial charge in [-0.05, 0) is 35.6 Å². The van der Waals surface area contributed by atoms with Crippen molar-refractivity contribution >= 4 is 0 Å². The van der Waals surface area contributed by atoms with E-state index in [-0.39, 0.29) is 45.9 Å². The summed E-state index contributed by atoms with van der Waals surface area (Å²) in [6.45, 7) is 1.46. The van der Waals surface area contributed by atoms with Crippen LogP contribution in [0.3, 0.4) is 0 Å². The van der Waals surface area contributed by atoms with Crippen LogP contribution in [0, 0.1) is 6.92 Å². The van der Waals surface area contributed by atoms with Gasteiger partial charge in [0.1, 0.15) is 0 Å². The Labute approximate surface area is 96.9 Å². The highest BCUT2D eigenvalue weighted by Crippen LogP contribution is 2.36. The number of benzene rings is 2. The maximum absolute atomic E-state index is 8.31. The molecule has 0 atom stereocenters. The van der Waals surface area contributed by atoms with Crippen molar-refractivity contribution in [3.05, 3.63) is 59.0 Å². The van der Waals surface area contributed by atoms with E-state index in [9.17, 15) is 0 Å². The molecular formula is C14H12. The molecule has 0 nitrogen and oxygen atoms in total. The largest absolute Gasteiger partial charge is 0.0629 e. The first-order valence-corrected chi connectivity index (χ1v) is 4.25. The van der Waals surface area contributed by atoms with Crippen LogP contribution in [0.15, 0.2) is 42.3 Å². The minimum atomic E-state index is -2.31. The SMILES string of the molecule is [2H]c1c([2H])c([2H])c2c(c1[2H])-c1c([2H])c([2H])c(C)c([2H])c1C2([2H])[2H]. The van der Waals surface area contributed by atoms with Crippen molar-refractivity contribution in [1.82, 2.24) is 0 Å². The second-order valence-corrected chi connectivity index (χ2v) is 3.12. The van der Waals surface area contributed by atoms with E-state index in [1.165, 1.54) is 6.92 Å². The lowest BCUT2D eigenvalue weighted by atomic mass is 10.0. The molecule has 0 fully saturated rings. The maximum atomic E-state index is 8.31. The Balaban J connectivity index is 2.63. The van der Waals surface area contributed by atoms with E-state index in [1.54, 1.807) is 0 Å². The molecule has 68 valence electrons. The van der Waals surface area contributed by atoms with Crippen LogP contribution >= 0.6 is 0 Å². The van der Waals surface area contributed by atoms with Gasteiger partial charge in [-0.1, -0.05) is 47.9 Å². The minimum absolute atomic E-state index is 0.0717. The molecular weight excluding hydrogens is 168 g/mol. The average molecular weight is 189 g/mol. The highest BCUT2D eigenvalue weighted by molar-refractivity contribution is 5.76. The zero-order chi connectivity index (χ0) is 17.4. The van der Waals surface area contributed by atoms with Gasteiger partial charge in [-0.15, -0.1) is 0 Å². The van der Waals surface area contributed by atoms with Gasteiger partial charge < -0.3 is 0 Å². The second-order valence-electron chi connectivity index (χ2n) is 3.12. The first-order chi connectivity index (χ1) is 10.5. The molecule has 0 unspecified atom stereocenters. The van der Waals surface area contributed by atoms with Crippen LogP contribution in [0.4, 0.5) is 0 Å². The molecule has 0 radical (unpaired) electrons. The van der Waals surface area contributed by atoms with Gasteiger partial charge in [0.15, 0.2) is 0 Å². The molecule has 3 rings (SSSR count). The summed E-state index contributed by atoms with van der Waals surface area (Å²) >= 11 is 0. The van der Waals surface area contributed by atoms with Crippen LogP contribution in [-0.2, 0) is 6.37 Å². The molecule has 1 aliphatic rings. The third-order valence-corrected chi connectivity index (χ3v) is 2.12. The Morgan fingerprint density at radius 3 is 2.79 bits per heavy atom. The van der Waals surface area contributed by atoms with Crippen molar-refractivity contribution in [3.63, 3.8) is 0 Å². The summed E-state index contributed by atoms with van der Waals surface area (Å²) in [6.07, 6.45) is -2.31. The van der Waals surface area contributed by atoms with Crippen molar-refractivity contribution in [1.29, 1.82) is 0 Å². The lowest BCUT2D eigenvalue weighted by Crippen LogP contribution is -1.80. The Kier molecular flexibility index (Phi) is 0.574. The van der Waals surface area contributed by atoms with Crippen LogP contribution in [0.2, 0.25) is 0 Å². The standard InChI is InChI=1S/C14H12/c1-10-6-7-14-12(8-10)9-11-4-2-3-5-13(11)14/h2-8H,9H2,1H3/i2D,3D,4D,5D,6D,7D,8D,9D2. The molecule has 0 heteroatoms. The predicted octanol–water partition coefficient (Wildman–Crippen LogP) is 3.57. The third-order valence-electron chi connectivity index (χ3n) is 2.12. The lowest BCUT2D eigenvalue weighted by Gasteiger charge is -2.00. The summed E-state index contributed by atoms with van der Waals surface area (Å²) < 4.78 is 72.4. The molecule has 14 heavy (non-hydrogen) atoms. The molecule has 2 aromatic carbocycles. The summed E-state index contributed by atoms with van der Waals surface area (Å²) in [7, 11) is 0. The lowest BCUT2D eigenvalue weighted by molar-refractivity contribution is 1.25. The third kappa shape index (κ3) is 1.00. The van der Waals surface area contributed by atoms with E-state index in [0.717, 1.165) is 0 Å². The van der Waals surface area contributed by atoms with Gasteiger partial charge in [0.05, 0.1) is 9.60 Å². The topological polar surface area (TPSA) is 0 Å². The summed E-state index contributed by atoms with van der Waals surface area (Å²) in [4.78, 5) is 0. The van der Waals surface area contributed by atoms with Gasteiger partial charge in [-0.3, -0.25) is 0 Å². The Bertz CT molecular complexity index is 812. The summed E-state index contributed by atoms with van der Waals surface area (Å²) in [5.41, 5.74) is -0.440. The predicted molar refractivity (Wildman–Crippen MR) is 59.4 cm³/mol. The first kappa shape index (κ1) is 2.96. The quantitative estimate of drug-likeness (QED) is 0.594. The van der Waals surface area contributed by atoms with Crippen LogP contribution < -0.4 is 0 Å². The van der Waals surface area contributed by atoms with Gasteiger partial charge in [0.25, 0.3) is 0 Å². The fourth-order valence-corrected chi connectivity index (χ4v) is 1.50. The molecule has 0 aliphatic heterocycles. The average Bonchev–Trinajstić information content (AvgIpc) is 2.74. The number of rotatable bonds is 0. The van der Waals surface area contributed by atoms with Crippen molar-refractivity contribution in [3.8, 4) is 11.1 Å². The van der Waals surface area contributed by atoms with E-state index in [1.807, 2.05) is 0 Å². The Morgan fingerprint density at radius 2 is 1.86 bits per heavy atom. The molecule has 0 amide bonds. The van der Waals surface area contributed by atoms with E-state index in [4.69, 9.17) is 12.3 Å². The maximum Gasteiger partial charge on any atom is 0.0629 e. The molecule has 0 spiro atoms. The fraction of sp³-hybridized carbons (Fsp3) is 0.143. The van der Waals surface area contributed by atoms with Crippen LogP contribution in [0.1, 0.15) is 29.0 Å². The monoisotopic (exact) mass is 189 g/mol. The molecule has 0 heterocycles. The van der Waals surface area contributed by atoms with Crippen LogP contribution in [0.5, 0.6) is 0 Å². The Hall–Kier alpha value is -1.56. The van der Waals surface area contributed by atoms with Crippen molar-refractivity contribution in [2.24, 2.45) is 0 Å². The second kappa shape index (κ2) is 2.71. The van der Waals surface area contributed by atoms with Crippen LogP contribution in [0.25, 0.3) is 11.1 Å². The van der Waals surface area contributed by atoms with E-state index < -0.39 is 30.5 Å². The molecule has 0 N–H and O–H groups in total. The number of fused-ring (bicyclic) bond motifs is 3. The highest BCUT2D eigenvalue weighted by Gasteiger charge is 2.16. The van der Waals surface area contributed by atoms with E-state index in [2.05, 4.69) is 0 Å². The molecule has 2 aromatic rings. The zero-order valence-corrected chi connectivity index (χ0v) is 7.50. The van der Waals surface area contributed by atoms with Gasteiger partial charge in [0.2, 0.25) is 0 Å². The smallest absolute Gasteiger partial charge is 0.0619 e. The zero-order valence-electron chi connectivity index (χ0n) is 16.5. The van der Waals surface area contributed by atoms with Crippen molar-refractivity contribution in [2.75, 3.05) is 0 Å². The molecule has 0 saturated carbocycles. The van der Waals surface area contributed by atoms with Gasteiger partial charge in [-0.25, -0.2) is 0 Å². The van der Waals surface area contributed by atoms with E-state index in [0.29, 0.717) is 0 Å². The molecule has 0 aromatic heterocycles. The summed E-state index contributed by atoms with van der Waals surface area (Å²) in [5.74, 6) is 0.